The summed E-state index contributed by atoms with van der Waals surface area (Å²) in [5.74, 6) is 0.301. The van der Waals surface area contributed by atoms with Crippen molar-refractivity contribution in [2.45, 2.75) is 39.3 Å². The topological polar surface area (TPSA) is 76.0 Å². The fourth-order valence-corrected chi connectivity index (χ4v) is 3.15. The van der Waals surface area contributed by atoms with Gasteiger partial charge < -0.3 is 15.2 Å². The second-order valence-corrected chi connectivity index (χ2v) is 7.08. The van der Waals surface area contributed by atoms with Crippen LogP contribution in [0.1, 0.15) is 35.8 Å². The van der Waals surface area contributed by atoms with Crippen molar-refractivity contribution >= 4 is 17.5 Å². The molecule has 150 valence electrons. The smallest absolute Gasteiger partial charge is 0.233 e. The van der Waals surface area contributed by atoms with Crippen molar-refractivity contribution in [2.75, 3.05) is 5.32 Å². The fraction of sp³-hybridized carbons (Fsp3) is 0.261. The second-order valence-electron chi connectivity index (χ2n) is 7.08. The first-order valence-electron chi connectivity index (χ1n) is 9.70. The van der Waals surface area contributed by atoms with Crippen LogP contribution in [0.5, 0.6) is 0 Å². The number of rotatable bonds is 8. The van der Waals surface area contributed by atoms with Crippen LogP contribution in [0.15, 0.2) is 67.0 Å². The first-order chi connectivity index (χ1) is 14.0. The summed E-state index contributed by atoms with van der Waals surface area (Å²) in [5.41, 5.74) is 2.81. The Balaban J connectivity index is 1.60. The van der Waals surface area contributed by atoms with E-state index in [2.05, 4.69) is 15.6 Å². The van der Waals surface area contributed by atoms with E-state index in [1.807, 2.05) is 79.2 Å². The van der Waals surface area contributed by atoms with Crippen molar-refractivity contribution in [3.8, 4) is 0 Å². The fourth-order valence-electron chi connectivity index (χ4n) is 3.15. The maximum atomic E-state index is 12.5. The third kappa shape index (κ3) is 6.04. The molecule has 0 aliphatic heterocycles. The van der Waals surface area contributed by atoms with E-state index in [1.54, 1.807) is 6.20 Å². The number of hydrogen-bond donors (Lipinski definition) is 2. The van der Waals surface area contributed by atoms with Gasteiger partial charge in [0.05, 0.1) is 6.04 Å². The number of carbonyl (C=O) groups excluding carboxylic acids is 2. The quantitative estimate of drug-likeness (QED) is 0.575. The molecule has 0 unspecified atom stereocenters. The Hall–Kier alpha value is -3.41. The van der Waals surface area contributed by atoms with Crippen LogP contribution >= 0.6 is 0 Å². The van der Waals surface area contributed by atoms with Crippen LogP contribution in [0, 0.1) is 13.8 Å². The van der Waals surface area contributed by atoms with Crippen LogP contribution in [0.4, 0.5) is 5.69 Å². The van der Waals surface area contributed by atoms with Crippen LogP contribution in [-0.4, -0.2) is 21.4 Å². The molecule has 0 spiro atoms. The molecule has 3 rings (SSSR count). The molecule has 2 N–H and O–H groups in total. The maximum Gasteiger partial charge on any atom is 0.233 e. The van der Waals surface area contributed by atoms with E-state index < -0.39 is 0 Å². The van der Waals surface area contributed by atoms with Gasteiger partial charge in [-0.05, 0) is 38.0 Å². The van der Waals surface area contributed by atoms with Gasteiger partial charge in [-0.25, -0.2) is 4.98 Å². The van der Waals surface area contributed by atoms with Crippen molar-refractivity contribution in [1.82, 2.24) is 14.9 Å². The maximum absolute atomic E-state index is 12.5. The summed E-state index contributed by atoms with van der Waals surface area (Å²) in [6.45, 7) is 4.65. The SMILES string of the molecule is Cc1ccc(NC(=O)CC(=O)N[C@@H](CCn2ccnc2C)c2ccccc2)cc1. The van der Waals surface area contributed by atoms with Gasteiger partial charge in [-0.2, -0.15) is 0 Å². The van der Waals surface area contributed by atoms with E-state index >= 15 is 0 Å². The van der Waals surface area contributed by atoms with Gasteiger partial charge in [-0.3, -0.25) is 9.59 Å². The third-order valence-corrected chi connectivity index (χ3v) is 4.78. The Bertz CT molecular complexity index is 949. The van der Waals surface area contributed by atoms with E-state index in [0.717, 1.165) is 23.5 Å². The minimum atomic E-state index is -0.330. The molecule has 0 fully saturated rings. The van der Waals surface area contributed by atoms with Gasteiger partial charge in [0.1, 0.15) is 12.2 Å². The predicted octanol–water partition coefficient (Wildman–Crippen LogP) is 3.78. The number of hydrogen-bond acceptors (Lipinski definition) is 3. The zero-order valence-electron chi connectivity index (χ0n) is 16.8. The minimum absolute atomic E-state index is 0.183. The summed E-state index contributed by atoms with van der Waals surface area (Å²) in [5, 5.41) is 5.77. The number of aryl methyl sites for hydroxylation is 3. The molecule has 6 heteroatoms. The molecule has 0 saturated carbocycles. The van der Waals surface area contributed by atoms with Gasteiger partial charge in [-0.1, -0.05) is 48.0 Å². The second kappa shape index (κ2) is 9.68. The lowest BCUT2D eigenvalue weighted by molar-refractivity contribution is -0.127. The van der Waals surface area contributed by atoms with Crippen molar-refractivity contribution in [1.29, 1.82) is 0 Å². The lowest BCUT2D eigenvalue weighted by atomic mass is 10.0. The number of nitrogens with zero attached hydrogens (tertiary/aromatic N) is 2. The summed E-state index contributed by atoms with van der Waals surface area (Å²) < 4.78 is 2.05. The van der Waals surface area contributed by atoms with Crippen molar-refractivity contribution in [3.05, 3.63) is 83.9 Å². The number of aromatic nitrogens is 2. The van der Waals surface area contributed by atoms with Gasteiger partial charge in [0.25, 0.3) is 0 Å². The Morgan fingerprint density at radius 3 is 2.38 bits per heavy atom. The van der Waals surface area contributed by atoms with Gasteiger partial charge in [0.15, 0.2) is 0 Å². The average molecular weight is 390 g/mol. The number of benzene rings is 2. The molecule has 2 aromatic carbocycles. The van der Waals surface area contributed by atoms with Crippen molar-refractivity contribution in [2.24, 2.45) is 0 Å². The van der Waals surface area contributed by atoms with Crippen LogP contribution < -0.4 is 10.6 Å². The minimum Gasteiger partial charge on any atom is -0.349 e. The van der Waals surface area contributed by atoms with Gasteiger partial charge in [0, 0.05) is 24.6 Å². The first-order valence-corrected chi connectivity index (χ1v) is 9.70. The van der Waals surface area contributed by atoms with Gasteiger partial charge in [0.2, 0.25) is 11.8 Å². The van der Waals surface area contributed by atoms with Crippen LogP contribution in [0.25, 0.3) is 0 Å². The normalized spacial score (nSPS) is 11.7. The van der Waals surface area contributed by atoms with Crippen LogP contribution in [0.2, 0.25) is 0 Å². The summed E-state index contributed by atoms with van der Waals surface area (Å²) >= 11 is 0. The average Bonchev–Trinajstić information content (AvgIpc) is 3.12. The lowest BCUT2D eigenvalue weighted by Crippen LogP contribution is -2.32. The Morgan fingerprint density at radius 1 is 1.00 bits per heavy atom. The van der Waals surface area contributed by atoms with E-state index in [9.17, 15) is 9.59 Å². The molecule has 0 radical (unpaired) electrons. The number of nitrogens with one attached hydrogen (secondary N) is 2. The molecular weight excluding hydrogens is 364 g/mol. The van der Waals surface area contributed by atoms with Crippen molar-refractivity contribution < 1.29 is 9.59 Å². The summed E-state index contributed by atoms with van der Waals surface area (Å²) in [7, 11) is 0. The molecule has 6 nitrogen and oxygen atoms in total. The van der Waals surface area contributed by atoms with Gasteiger partial charge >= 0.3 is 0 Å². The van der Waals surface area contributed by atoms with Crippen molar-refractivity contribution in [3.63, 3.8) is 0 Å². The highest BCUT2D eigenvalue weighted by atomic mass is 16.2. The number of carbonyl (C=O) groups is 2. The predicted molar refractivity (Wildman–Crippen MR) is 113 cm³/mol. The third-order valence-electron chi connectivity index (χ3n) is 4.78. The molecule has 3 aromatic rings. The highest BCUT2D eigenvalue weighted by Gasteiger charge is 2.17. The van der Waals surface area contributed by atoms with Crippen LogP contribution in [0.3, 0.4) is 0 Å². The summed E-state index contributed by atoms with van der Waals surface area (Å²) in [6.07, 6.45) is 4.17. The van der Waals surface area contributed by atoms with E-state index in [4.69, 9.17) is 0 Å². The summed E-state index contributed by atoms with van der Waals surface area (Å²) in [6, 6.07) is 17.1. The highest BCUT2D eigenvalue weighted by Crippen LogP contribution is 2.18. The standard InChI is InChI=1S/C23H26N4O2/c1-17-8-10-20(11-9-17)25-22(28)16-23(29)26-21(19-6-4-3-5-7-19)12-14-27-15-13-24-18(27)2/h3-11,13,15,21H,12,14,16H2,1-2H3,(H,25,28)(H,26,29)/t21-/m0/s1. The lowest BCUT2D eigenvalue weighted by Gasteiger charge is -2.20. The number of imidazole rings is 1. The largest absolute Gasteiger partial charge is 0.349 e. The molecule has 0 saturated heterocycles. The molecule has 0 aliphatic carbocycles. The molecule has 1 atom stereocenters. The number of amides is 2. The van der Waals surface area contributed by atoms with E-state index in [1.165, 1.54) is 0 Å². The Kier molecular flexibility index (Phi) is 6.79. The Labute approximate surface area is 171 Å². The van der Waals surface area contributed by atoms with E-state index in [-0.39, 0.29) is 24.3 Å². The molecule has 2 amide bonds. The molecule has 0 aliphatic rings. The molecule has 0 bridgehead atoms. The molecular formula is C23H26N4O2. The zero-order chi connectivity index (χ0) is 20.6. The summed E-state index contributed by atoms with van der Waals surface area (Å²) in [4.78, 5) is 29.0. The molecule has 1 heterocycles. The molecule has 29 heavy (non-hydrogen) atoms. The van der Waals surface area contributed by atoms with Gasteiger partial charge in [-0.15, -0.1) is 0 Å². The Morgan fingerprint density at radius 2 is 1.72 bits per heavy atom. The molecule has 1 aromatic heterocycles. The number of anilines is 1. The monoisotopic (exact) mass is 390 g/mol. The van der Waals surface area contributed by atoms with Crippen LogP contribution in [-0.2, 0) is 16.1 Å². The first kappa shape index (κ1) is 20.3. The highest BCUT2D eigenvalue weighted by molar-refractivity contribution is 6.03. The zero-order valence-corrected chi connectivity index (χ0v) is 16.8. The van der Waals surface area contributed by atoms with E-state index in [0.29, 0.717) is 12.1 Å².